The molecule has 1 amide bonds. The lowest BCUT2D eigenvalue weighted by Crippen LogP contribution is -2.62. The highest BCUT2D eigenvalue weighted by molar-refractivity contribution is 5.92. The van der Waals surface area contributed by atoms with Gasteiger partial charge in [-0.3, -0.25) is 4.79 Å². The molecule has 0 unspecified atom stereocenters. The molecule has 2 heterocycles. The van der Waals surface area contributed by atoms with Gasteiger partial charge in [-0.05, 0) is 53.4 Å². The SMILES string of the molecule is CC1(C)CN(C(=O)[C@]23CC[C@H](c4cc(-c5c(F)cccc5F)nnc42)C3(C)C)C1. The lowest BCUT2D eigenvalue weighted by molar-refractivity contribution is -0.151. The topological polar surface area (TPSA) is 46.1 Å². The van der Waals surface area contributed by atoms with Crippen molar-refractivity contribution in [1.82, 2.24) is 15.1 Å². The number of carbonyl (C=O) groups excluding carboxylic acids is 1. The molecule has 0 spiro atoms. The number of fused-ring (bicyclic) bond motifs is 5. The van der Waals surface area contributed by atoms with Gasteiger partial charge in [0.25, 0.3) is 0 Å². The van der Waals surface area contributed by atoms with Crippen LogP contribution in [0, 0.1) is 22.5 Å². The second kappa shape index (κ2) is 5.61. The predicted molar refractivity (Wildman–Crippen MR) is 105 cm³/mol. The first-order chi connectivity index (χ1) is 13.6. The van der Waals surface area contributed by atoms with Crippen LogP contribution in [0.2, 0.25) is 0 Å². The quantitative estimate of drug-likeness (QED) is 0.752. The number of likely N-dealkylation sites (tertiary alicyclic amines) is 1. The molecule has 6 heteroatoms. The summed E-state index contributed by atoms with van der Waals surface area (Å²) in [7, 11) is 0. The minimum Gasteiger partial charge on any atom is -0.341 e. The molecule has 1 aromatic heterocycles. The van der Waals surface area contributed by atoms with Crippen molar-refractivity contribution in [3.8, 4) is 11.3 Å². The molecule has 3 aliphatic rings. The Morgan fingerprint density at radius 1 is 1.10 bits per heavy atom. The van der Waals surface area contributed by atoms with Crippen molar-refractivity contribution in [1.29, 1.82) is 0 Å². The molecule has 1 saturated carbocycles. The van der Waals surface area contributed by atoms with Crippen LogP contribution in [0.4, 0.5) is 8.78 Å². The van der Waals surface area contributed by atoms with Gasteiger partial charge in [0.05, 0.1) is 22.4 Å². The molecule has 29 heavy (non-hydrogen) atoms. The Morgan fingerprint density at radius 2 is 1.76 bits per heavy atom. The Kier molecular flexibility index (Phi) is 3.61. The zero-order chi connectivity index (χ0) is 20.8. The van der Waals surface area contributed by atoms with Crippen molar-refractivity contribution in [3.05, 3.63) is 47.2 Å². The van der Waals surface area contributed by atoms with Gasteiger partial charge < -0.3 is 4.90 Å². The zero-order valence-electron chi connectivity index (χ0n) is 17.2. The van der Waals surface area contributed by atoms with E-state index in [-0.39, 0.29) is 33.9 Å². The molecule has 2 aliphatic carbocycles. The summed E-state index contributed by atoms with van der Waals surface area (Å²) < 4.78 is 28.6. The van der Waals surface area contributed by atoms with Gasteiger partial charge in [-0.25, -0.2) is 8.78 Å². The van der Waals surface area contributed by atoms with Gasteiger partial charge in [-0.1, -0.05) is 33.8 Å². The standard InChI is InChI=1S/C23H25F2N3O/c1-21(2)11-28(12-21)20(29)23-9-8-14(22(23,3)4)13-10-17(26-27-19(13)23)18-15(24)6-5-7-16(18)25/h5-7,10,14H,8-9,11-12H2,1-4H3/t14-,23+/m1/s1. The molecule has 2 fully saturated rings. The number of carbonyl (C=O) groups is 1. The average Bonchev–Trinajstić information content (AvgIpc) is 3.00. The van der Waals surface area contributed by atoms with E-state index in [1.165, 1.54) is 18.2 Å². The van der Waals surface area contributed by atoms with Gasteiger partial charge in [-0.15, -0.1) is 5.10 Å². The van der Waals surface area contributed by atoms with E-state index < -0.39 is 17.0 Å². The van der Waals surface area contributed by atoms with Gasteiger partial charge in [0.1, 0.15) is 11.6 Å². The Balaban J connectivity index is 1.62. The maximum absolute atomic E-state index is 14.3. The van der Waals surface area contributed by atoms with Crippen molar-refractivity contribution in [2.75, 3.05) is 13.1 Å². The third-order valence-electron chi connectivity index (χ3n) is 7.49. The van der Waals surface area contributed by atoms with E-state index in [0.717, 1.165) is 31.5 Å². The minimum absolute atomic E-state index is 0.125. The first kappa shape index (κ1) is 18.6. The first-order valence-corrected chi connectivity index (χ1v) is 10.2. The highest BCUT2D eigenvalue weighted by Gasteiger charge is 2.68. The number of benzene rings is 1. The lowest BCUT2D eigenvalue weighted by atomic mass is 9.66. The molecule has 5 rings (SSSR count). The van der Waals surface area contributed by atoms with Crippen LogP contribution in [0.5, 0.6) is 0 Å². The van der Waals surface area contributed by atoms with Gasteiger partial charge in [0.2, 0.25) is 5.91 Å². The summed E-state index contributed by atoms with van der Waals surface area (Å²) in [4.78, 5) is 15.6. The number of amides is 1. The fraction of sp³-hybridized carbons (Fsp3) is 0.522. The largest absolute Gasteiger partial charge is 0.341 e. The summed E-state index contributed by atoms with van der Waals surface area (Å²) in [6.07, 6.45) is 1.61. The van der Waals surface area contributed by atoms with Crippen molar-refractivity contribution in [2.24, 2.45) is 10.8 Å². The second-order valence-electron chi connectivity index (χ2n) is 10.2. The van der Waals surface area contributed by atoms with Gasteiger partial charge in [0.15, 0.2) is 0 Å². The van der Waals surface area contributed by atoms with Crippen LogP contribution >= 0.6 is 0 Å². The lowest BCUT2D eigenvalue weighted by Gasteiger charge is -2.50. The molecular weight excluding hydrogens is 372 g/mol. The number of nitrogens with zero attached hydrogens (tertiary/aromatic N) is 3. The first-order valence-electron chi connectivity index (χ1n) is 10.2. The van der Waals surface area contributed by atoms with E-state index in [0.29, 0.717) is 5.69 Å². The van der Waals surface area contributed by atoms with Crippen LogP contribution in [-0.2, 0) is 10.2 Å². The number of halogens is 2. The van der Waals surface area contributed by atoms with Crippen LogP contribution in [0.3, 0.4) is 0 Å². The van der Waals surface area contributed by atoms with Crippen molar-refractivity contribution in [3.63, 3.8) is 0 Å². The molecule has 0 radical (unpaired) electrons. The molecule has 1 aliphatic heterocycles. The van der Waals surface area contributed by atoms with Crippen LogP contribution in [0.1, 0.15) is 57.7 Å². The number of hydrogen-bond donors (Lipinski definition) is 0. The van der Waals surface area contributed by atoms with E-state index in [4.69, 9.17) is 0 Å². The average molecular weight is 397 g/mol. The van der Waals surface area contributed by atoms with E-state index in [1.807, 2.05) is 4.90 Å². The molecule has 4 nitrogen and oxygen atoms in total. The van der Waals surface area contributed by atoms with Crippen LogP contribution in [0.15, 0.2) is 24.3 Å². The molecule has 2 aromatic rings. The van der Waals surface area contributed by atoms with E-state index in [9.17, 15) is 13.6 Å². The summed E-state index contributed by atoms with van der Waals surface area (Å²) in [5.74, 6) is -1.06. The van der Waals surface area contributed by atoms with Crippen LogP contribution in [0.25, 0.3) is 11.3 Å². The molecule has 2 atom stereocenters. The van der Waals surface area contributed by atoms with Gasteiger partial charge in [0, 0.05) is 13.1 Å². The molecule has 0 N–H and O–H groups in total. The fourth-order valence-electron chi connectivity index (χ4n) is 6.06. The third-order valence-corrected chi connectivity index (χ3v) is 7.49. The summed E-state index contributed by atoms with van der Waals surface area (Å²) in [6.45, 7) is 10.1. The number of rotatable bonds is 2. The number of aromatic nitrogens is 2. The smallest absolute Gasteiger partial charge is 0.235 e. The van der Waals surface area contributed by atoms with Crippen LogP contribution in [-0.4, -0.2) is 34.1 Å². The maximum atomic E-state index is 14.3. The maximum Gasteiger partial charge on any atom is 0.235 e. The summed E-state index contributed by atoms with van der Waals surface area (Å²) in [5, 5.41) is 8.62. The van der Waals surface area contributed by atoms with E-state index in [1.54, 1.807) is 6.07 Å². The molecule has 2 bridgehead atoms. The monoisotopic (exact) mass is 397 g/mol. The molecule has 1 aromatic carbocycles. The molecule has 1 saturated heterocycles. The second-order valence-corrected chi connectivity index (χ2v) is 10.2. The fourth-order valence-corrected chi connectivity index (χ4v) is 6.06. The minimum atomic E-state index is -0.706. The van der Waals surface area contributed by atoms with Crippen molar-refractivity contribution >= 4 is 5.91 Å². The summed E-state index contributed by atoms with van der Waals surface area (Å²) in [5.41, 5.74) is 0.781. The summed E-state index contributed by atoms with van der Waals surface area (Å²) in [6, 6.07) is 5.53. The van der Waals surface area contributed by atoms with E-state index in [2.05, 4.69) is 37.9 Å². The predicted octanol–water partition coefficient (Wildman–Crippen LogP) is 4.45. The number of hydrogen-bond acceptors (Lipinski definition) is 3. The Bertz CT molecular complexity index is 1020. The van der Waals surface area contributed by atoms with Gasteiger partial charge >= 0.3 is 0 Å². The Morgan fingerprint density at radius 3 is 2.38 bits per heavy atom. The highest BCUT2D eigenvalue weighted by atomic mass is 19.1. The molecule has 152 valence electrons. The van der Waals surface area contributed by atoms with Crippen molar-refractivity contribution < 1.29 is 13.6 Å². The molecular formula is C23H25F2N3O. The normalized spacial score (nSPS) is 28.2. The Labute approximate surface area is 169 Å². The van der Waals surface area contributed by atoms with Gasteiger partial charge in [-0.2, -0.15) is 5.10 Å². The third kappa shape index (κ3) is 2.26. The zero-order valence-corrected chi connectivity index (χ0v) is 17.2. The van der Waals surface area contributed by atoms with Crippen molar-refractivity contribution in [2.45, 2.75) is 51.9 Å². The highest BCUT2D eigenvalue weighted by Crippen LogP contribution is 2.68. The summed E-state index contributed by atoms with van der Waals surface area (Å²) >= 11 is 0. The van der Waals surface area contributed by atoms with Crippen LogP contribution < -0.4 is 0 Å². The Hall–Kier alpha value is -2.37. The van der Waals surface area contributed by atoms with E-state index >= 15 is 0 Å².